The van der Waals surface area contributed by atoms with Gasteiger partial charge in [-0.15, -0.1) is 0 Å². The van der Waals surface area contributed by atoms with Crippen molar-refractivity contribution >= 4 is 5.96 Å². The zero-order valence-electron chi connectivity index (χ0n) is 15.8. The number of ether oxygens (including phenoxy) is 1. The van der Waals surface area contributed by atoms with E-state index in [4.69, 9.17) is 4.74 Å². The van der Waals surface area contributed by atoms with Gasteiger partial charge in [0.15, 0.2) is 5.96 Å². The van der Waals surface area contributed by atoms with Crippen LogP contribution in [-0.2, 0) is 24.0 Å². The van der Waals surface area contributed by atoms with Crippen molar-refractivity contribution in [3.05, 3.63) is 53.9 Å². The fourth-order valence-electron chi connectivity index (χ4n) is 2.37. The van der Waals surface area contributed by atoms with Crippen molar-refractivity contribution in [1.29, 1.82) is 0 Å². The molecule has 0 aliphatic heterocycles. The fourth-order valence-corrected chi connectivity index (χ4v) is 2.37. The van der Waals surface area contributed by atoms with Crippen molar-refractivity contribution in [3.63, 3.8) is 0 Å². The van der Waals surface area contributed by atoms with Gasteiger partial charge < -0.3 is 20.5 Å². The smallest absolute Gasteiger partial charge is 0.191 e. The summed E-state index contributed by atoms with van der Waals surface area (Å²) in [5.74, 6) is 0.653. The number of rotatable bonds is 9. The first-order chi connectivity index (χ1) is 12.5. The zero-order chi connectivity index (χ0) is 18.8. The van der Waals surface area contributed by atoms with E-state index in [1.165, 1.54) is 0 Å². The highest BCUT2D eigenvalue weighted by molar-refractivity contribution is 5.79. The Morgan fingerprint density at radius 3 is 2.73 bits per heavy atom. The van der Waals surface area contributed by atoms with Crippen LogP contribution >= 0.6 is 0 Å². The lowest BCUT2D eigenvalue weighted by atomic mass is 10.0. The number of aliphatic hydroxyl groups is 1. The minimum absolute atomic E-state index is 0.235. The quantitative estimate of drug-likeness (QED) is 0.358. The van der Waals surface area contributed by atoms with Gasteiger partial charge in [0.2, 0.25) is 0 Å². The molecule has 7 heteroatoms. The summed E-state index contributed by atoms with van der Waals surface area (Å²) in [6.07, 6.45) is 3.46. The summed E-state index contributed by atoms with van der Waals surface area (Å²) < 4.78 is 7.33. The molecule has 26 heavy (non-hydrogen) atoms. The van der Waals surface area contributed by atoms with E-state index >= 15 is 0 Å². The topological polar surface area (TPSA) is 83.7 Å². The molecule has 3 N–H and O–H groups in total. The summed E-state index contributed by atoms with van der Waals surface area (Å²) in [6.45, 7) is 6.50. The maximum absolute atomic E-state index is 10.6. The number of aryl methyl sites for hydroxylation is 1. The first-order valence-corrected chi connectivity index (χ1v) is 8.86. The number of hydrogen-bond acceptors (Lipinski definition) is 4. The first-order valence-electron chi connectivity index (χ1n) is 8.86. The van der Waals surface area contributed by atoms with E-state index in [9.17, 15) is 5.11 Å². The van der Waals surface area contributed by atoms with Gasteiger partial charge in [-0.3, -0.25) is 4.68 Å². The number of nitrogens with one attached hydrogen (secondary N) is 2. The Labute approximate surface area is 155 Å². The van der Waals surface area contributed by atoms with Crippen molar-refractivity contribution in [2.75, 3.05) is 26.2 Å². The normalized spacial score (nSPS) is 14.1. The van der Waals surface area contributed by atoms with E-state index < -0.39 is 5.60 Å². The van der Waals surface area contributed by atoms with Gasteiger partial charge in [-0.2, -0.15) is 5.10 Å². The highest BCUT2D eigenvalue weighted by Gasteiger charge is 2.24. The molecule has 1 heterocycles. The van der Waals surface area contributed by atoms with Gasteiger partial charge in [0.05, 0.1) is 26.0 Å². The molecule has 1 atom stereocenters. The summed E-state index contributed by atoms with van der Waals surface area (Å²) in [5, 5.41) is 21.1. The van der Waals surface area contributed by atoms with Gasteiger partial charge in [0.25, 0.3) is 0 Å². The molecule has 1 aromatic carbocycles. The van der Waals surface area contributed by atoms with Gasteiger partial charge in [-0.25, -0.2) is 4.99 Å². The zero-order valence-corrected chi connectivity index (χ0v) is 15.8. The molecule has 0 spiro atoms. The Morgan fingerprint density at radius 1 is 1.31 bits per heavy atom. The average molecular weight is 359 g/mol. The van der Waals surface area contributed by atoms with Crippen molar-refractivity contribution in [2.45, 2.75) is 26.1 Å². The Balaban J connectivity index is 1.78. The lowest BCUT2D eigenvalue weighted by molar-refractivity contribution is 0.0671. The van der Waals surface area contributed by atoms with Gasteiger partial charge in [-0.05, 0) is 19.4 Å². The lowest BCUT2D eigenvalue weighted by Gasteiger charge is -2.20. The third-order valence-electron chi connectivity index (χ3n) is 3.87. The van der Waals surface area contributed by atoms with Crippen LogP contribution in [-0.4, -0.2) is 47.1 Å². The van der Waals surface area contributed by atoms with Crippen LogP contribution in [0.5, 0.6) is 0 Å². The fraction of sp³-hybridized carbons (Fsp3) is 0.474. The number of nitrogens with zero attached hydrogens (tertiary/aromatic N) is 3. The minimum atomic E-state index is -1.07. The molecule has 0 bridgehead atoms. The third-order valence-corrected chi connectivity index (χ3v) is 3.87. The molecule has 0 aliphatic rings. The molecule has 2 rings (SSSR count). The van der Waals surface area contributed by atoms with Crippen molar-refractivity contribution in [1.82, 2.24) is 20.4 Å². The van der Waals surface area contributed by atoms with Gasteiger partial charge in [-0.1, -0.05) is 30.3 Å². The standard InChI is InChI=1S/C19H29N5O2/c1-4-20-18(21-10-11-26-14-16-8-6-5-7-9-16)22-15-19(2,25)17-12-23-24(3)13-17/h5-9,12-13,25H,4,10-11,14-15H2,1-3H3,(H2,20,21,22). The van der Waals surface area contributed by atoms with Crippen LogP contribution in [0.3, 0.4) is 0 Å². The second-order valence-electron chi connectivity index (χ2n) is 6.34. The van der Waals surface area contributed by atoms with Gasteiger partial charge >= 0.3 is 0 Å². The van der Waals surface area contributed by atoms with Crippen LogP contribution < -0.4 is 10.6 Å². The van der Waals surface area contributed by atoms with Gasteiger partial charge in [0.1, 0.15) is 5.60 Å². The second-order valence-corrected chi connectivity index (χ2v) is 6.34. The van der Waals surface area contributed by atoms with Crippen LogP contribution in [0.2, 0.25) is 0 Å². The molecule has 0 radical (unpaired) electrons. The molecule has 0 aliphatic carbocycles. The lowest BCUT2D eigenvalue weighted by Crippen LogP contribution is -2.40. The molecule has 0 saturated heterocycles. The molecule has 1 unspecified atom stereocenters. The van der Waals surface area contributed by atoms with Crippen LogP contribution in [0.4, 0.5) is 0 Å². The van der Waals surface area contributed by atoms with E-state index in [-0.39, 0.29) is 6.54 Å². The maximum Gasteiger partial charge on any atom is 0.191 e. The van der Waals surface area contributed by atoms with E-state index in [1.54, 1.807) is 24.0 Å². The summed E-state index contributed by atoms with van der Waals surface area (Å²) in [6, 6.07) is 10.1. The third kappa shape index (κ3) is 6.50. The van der Waals surface area contributed by atoms with E-state index in [1.807, 2.05) is 44.3 Å². The molecule has 1 aromatic heterocycles. The monoisotopic (exact) mass is 359 g/mol. The molecule has 7 nitrogen and oxygen atoms in total. The van der Waals surface area contributed by atoms with Crippen molar-refractivity contribution in [3.8, 4) is 0 Å². The predicted molar refractivity (Wildman–Crippen MR) is 103 cm³/mol. The van der Waals surface area contributed by atoms with E-state index in [2.05, 4.69) is 20.7 Å². The number of aromatic nitrogens is 2. The Bertz CT molecular complexity index is 682. The number of guanidine groups is 1. The highest BCUT2D eigenvalue weighted by Crippen LogP contribution is 2.19. The second kappa shape index (κ2) is 9.94. The van der Waals surface area contributed by atoms with E-state index in [0.717, 1.165) is 17.7 Å². The summed E-state index contributed by atoms with van der Waals surface area (Å²) >= 11 is 0. The number of aliphatic imine (C=N–C) groups is 1. The van der Waals surface area contributed by atoms with Crippen LogP contribution in [0.1, 0.15) is 25.0 Å². The molecule has 0 fully saturated rings. The highest BCUT2D eigenvalue weighted by atomic mass is 16.5. The first kappa shape index (κ1) is 19.9. The minimum Gasteiger partial charge on any atom is -0.383 e. The average Bonchev–Trinajstić information content (AvgIpc) is 3.07. The van der Waals surface area contributed by atoms with Crippen molar-refractivity contribution in [2.24, 2.45) is 12.0 Å². The molecular formula is C19H29N5O2. The Hall–Kier alpha value is -2.38. The molecule has 0 amide bonds. The molecule has 0 saturated carbocycles. The molecular weight excluding hydrogens is 330 g/mol. The van der Waals surface area contributed by atoms with Crippen LogP contribution in [0.25, 0.3) is 0 Å². The van der Waals surface area contributed by atoms with Crippen LogP contribution in [0, 0.1) is 0 Å². The van der Waals surface area contributed by atoms with Gasteiger partial charge in [0, 0.05) is 31.9 Å². The molecule has 142 valence electrons. The van der Waals surface area contributed by atoms with Crippen LogP contribution in [0.15, 0.2) is 47.7 Å². The van der Waals surface area contributed by atoms with E-state index in [0.29, 0.717) is 25.7 Å². The number of hydrogen-bond donors (Lipinski definition) is 3. The molecule has 2 aromatic rings. The summed E-state index contributed by atoms with van der Waals surface area (Å²) in [4.78, 5) is 4.48. The number of benzene rings is 1. The maximum atomic E-state index is 10.6. The SMILES string of the molecule is CCNC(=NCC(C)(O)c1cnn(C)c1)NCCOCc1ccccc1. The summed E-state index contributed by atoms with van der Waals surface area (Å²) in [7, 11) is 1.82. The van der Waals surface area contributed by atoms with Crippen molar-refractivity contribution < 1.29 is 9.84 Å². The Morgan fingerprint density at radius 2 is 2.08 bits per heavy atom. The Kier molecular flexibility index (Phi) is 7.62. The predicted octanol–water partition coefficient (Wildman–Crippen LogP) is 1.40. The largest absolute Gasteiger partial charge is 0.383 e. The summed E-state index contributed by atoms with van der Waals surface area (Å²) in [5.41, 5.74) is 0.826.